The van der Waals surface area contributed by atoms with Gasteiger partial charge in [-0.1, -0.05) is 6.92 Å². The lowest BCUT2D eigenvalue weighted by Crippen LogP contribution is -2.60. The predicted octanol–water partition coefficient (Wildman–Crippen LogP) is 2.62. The van der Waals surface area contributed by atoms with Crippen molar-refractivity contribution in [3.05, 3.63) is 0 Å². The van der Waals surface area contributed by atoms with Crippen LogP contribution in [0.5, 0.6) is 0 Å². The molecule has 2 saturated heterocycles. The molecule has 1 unspecified atom stereocenters. The Morgan fingerprint density at radius 3 is 2.09 bits per heavy atom. The van der Waals surface area contributed by atoms with Gasteiger partial charge in [0.25, 0.3) is 0 Å². The number of piperidine rings is 1. The largest absolute Gasteiger partial charge is 0.377 e. The summed E-state index contributed by atoms with van der Waals surface area (Å²) in [6.07, 6.45) is 4.59. The lowest BCUT2D eigenvalue weighted by Gasteiger charge is -2.54. The molecular weight excluding hydrogens is 276 g/mol. The highest BCUT2D eigenvalue weighted by Gasteiger charge is 2.44. The van der Waals surface area contributed by atoms with Crippen LogP contribution in [0.1, 0.15) is 47.0 Å². The maximum atomic E-state index is 5.79. The summed E-state index contributed by atoms with van der Waals surface area (Å²) < 4.78 is 11.5. The normalized spacial score (nSPS) is 23.9. The summed E-state index contributed by atoms with van der Waals surface area (Å²) in [7, 11) is 0. The zero-order chi connectivity index (χ0) is 16.0. The van der Waals surface area contributed by atoms with E-state index in [4.69, 9.17) is 9.47 Å². The van der Waals surface area contributed by atoms with Crippen molar-refractivity contribution in [2.45, 2.75) is 59.2 Å². The van der Waals surface area contributed by atoms with Crippen molar-refractivity contribution in [2.75, 3.05) is 52.5 Å². The summed E-state index contributed by atoms with van der Waals surface area (Å²) >= 11 is 0. The van der Waals surface area contributed by atoms with Crippen LogP contribution in [0, 0.1) is 5.41 Å². The Morgan fingerprint density at radius 2 is 1.50 bits per heavy atom. The van der Waals surface area contributed by atoms with Crippen LogP contribution in [0.15, 0.2) is 0 Å². The Balaban J connectivity index is 1.54. The van der Waals surface area contributed by atoms with E-state index < -0.39 is 0 Å². The topological polar surface area (TPSA) is 24.9 Å². The van der Waals surface area contributed by atoms with Gasteiger partial charge >= 0.3 is 0 Å². The van der Waals surface area contributed by atoms with Gasteiger partial charge in [0.2, 0.25) is 0 Å². The molecule has 0 aromatic heterocycles. The highest BCUT2D eigenvalue weighted by Crippen LogP contribution is 2.40. The summed E-state index contributed by atoms with van der Waals surface area (Å²) in [5, 5.41) is 0. The Morgan fingerprint density at radius 1 is 0.909 bits per heavy atom. The lowest BCUT2D eigenvalue weighted by atomic mass is 9.72. The summed E-state index contributed by atoms with van der Waals surface area (Å²) in [6.45, 7) is 17.6. The van der Waals surface area contributed by atoms with E-state index in [-0.39, 0.29) is 0 Å². The second kappa shape index (κ2) is 8.62. The number of ether oxygens (including phenoxy) is 2. The smallest absolute Gasteiger partial charge is 0.0597 e. The number of nitrogens with zero attached hydrogens (tertiary/aromatic N) is 2. The molecule has 2 rings (SSSR count). The molecule has 4 heteroatoms. The van der Waals surface area contributed by atoms with Crippen LogP contribution in [-0.2, 0) is 9.47 Å². The van der Waals surface area contributed by atoms with E-state index in [1.165, 1.54) is 39.0 Å². The van der Waals surface area contributed by atoms with Gasteiger partial charge in [-0.05, 0) is 58.5 Å². The average molecular weight is 312 g/mol. The molecule has 130 valence electrons. The molecule has 0 aliphatic carbocycles. The van der Waals surface area contributed by atoms with E-state index in [2.05, 4.69) is 37.5 Å². The maximum Gasteiger partial charge on any atom is 0.0597 e. The highest BCUT2D eigenvalue weighted by atomic mass is 16.5. The summed E-state index contributed by atoms with van der Waals surface area (Å²) in [5.41, 5.74) is 0.617. The molecule has 1 spiro atoms. The molecule has 0 N–H and O–H groups in total. The van der Waals surface area contributed by atoms with E-state index in [1.807, 2.05) is 0 Å². The standard InChI is InChI=1S/C18H36N2O2/c1-5-17(4)22-13-11-20-14-18(15-20)6-8-19(9-7-18)10-12-21-16(2)3/h16-17H,5-15H2,1-4H3. The molecule has 0 amide bonds. The van der Waals surface area contributed by atoms with Crippen molar-refractivity contribution in [2.24, 2.45) is 5.41 Å². The molecule has 4 nitrogen and oxygen atoms in total. The average Bonchev–Trinajstić information content (AvgIpc) is 2.46. The van der Waals surface area contributed by atoms with Crippen molar-refractivity contribution in [3.8, 4) is 0 Å². The number of rotatable bonds is 9. The van der Waals surface area contributed by atoms with Gasteiger partial charge in [-0.3, -0.25) is 4.90 Å². The summed E-state index contributed by atoms with van der Waals surface area (Å²) in [6, 6.07) is 0. The first-order chi connectivity index (χ1) is 10.5. The molecule has 0 aromatic carbocycles. The number of likely N-dealkylation sites (tertiary alicyclic amines) is 2. The van der Waals surface area contributed by atoms with Gasteiger partial charge in [0, 0.05) is 26.2 Å². The molecule has 2 aliphatic rings. The lowest BCUT2D eigenvalue weighted by molar-refractivity contribution is -0.0656. The van der Waals surface area contributed by atoms with Crippen molar-refractivity contribution in [1.29, 1.82) is 0 Å². The van der Waals surface area contributed by atoms with Crippen molar-refractivity contribution >= 4 is 0 Å². The van der Waals surface area contributed by atoms with Crippen LogP contribution >= 0.6 is 0 Å². The van der Waals surface area contributed by atoms with E-state index in [0.29, 0.717) is 17.6 Å². The van der Waals surface area contributed by atoms with Crippen LogP contribution < -0.4 is 0 Å². The summed E-state index contributed by atoms with van der Waals surface area (Å²) in [5.74, 6) is 0. The van der Waals surface area contributed by atoms with Gasteiger partial charge in [-0.2, -0.15) is 0 Å². The van der Waals surface area contributed by atoms with Crippen LogP contribution in [0.25, 0.3) is 0 Å². The first kappa shape index (κ1) is 18.2. The van der Waals surface area contributed by atoms with Crippen molar-refractivity contribution in [1.82, 2.24) is 9.80 Å². The first-order valence-corrected chi connectivity index (χ1v) is 9.21. The first-order valence-electron chi connectivity index (χ1n) is 9.21. The fourth-order valence-corrected chi connectivity index (χ4v) is 3.55. The van der Waals surface area contributed by atoms with Crippen molar-refractivity contribution < 1.29 is 9.47 Å². The van der Waals surface area contributed by atoms with E-state index in [1.54, 1.807) is 0 Å². The van der Waals surface area contributed by atoms with Gasteiger partial charge in [-0.25, -0.2) is 0 Å². The third-order valence-corrected chi connectivity index (χ3v) is 5.28. The monoisotopic (exact) mass is 312 g/mol. The van der Waals surface area contributed by atoms with E-state index in [0.717, 1.165) is 32.7 Å². The molecule has 2 aliphatic heterocycles. The molecule has 0 saturated carbocycles. The SMILES string of the molecule is CCC(C)OCCN1CC2(CCN(CCOC(C)C)CC2)C1. The van der Waals surface area contributed by atoms with Crippen LogP contribution in [0.4, 0.5) is 0 Å². The van der Waals surface area contributed by atoms with E-state index in [9.17, 15) is 0 Å². The Bertz CT molecular complexity index is 306. The van der Waals surface area contributed by atoms with Crippen LogP contribution in [-0.4, -0.2) is 74.5 Å². The maximum absolute atomic E-state index is 5.79. The molecule has 0 aromatic rings. The van der Waals surface area contributed by atoms with Crippen molar-refractivity contribution in [3.63, 3.8) is 0 Å². The molecule has 22 heavy (non-hydrogen) atoms. The van der Waals surface area contributed by atoms with E-state index >= 15 is 0 Å². The van der Waals surface area contributed by atoms with Gasteiger partial charge in [0.05, 0.1) is 25.4 Å². The molecule has 1 atom stereocenters. The molecule has 0 bridgehead atoms. The summed E-state index contributed by atoms with van der Waals surface area (Å²) in [4.78, 5) is 5.14. The van der Waals surface area contributed by atoms with Gasteiger partial charge in [0.1, 0.15) is 0 Å². The molecule has 2 fully saturated rings. The van der Waals surface area contributed by atoms with Gasteiger partial charge < -0.3 is 14.4 Å². The predicted molar refractivity (Wildman–Crippen MR) is 91.3 cm³/mol. The Labute approximate surface area is 137 Å². The fourth-order valence-electron chi connectivity index (χ4n) is 3.55. The van der Waals surface area contributed by atoms with Crippen LogP contribution in [0.3, 0.4) is 0 Å². The third kappa shape index (κ3) is 5.48. The molecule has 2 heterocycles. The minimum atomic E-state index is 0.356. The quantitative estimate of drug-likeness (QED) is 0.653. The third-order valence-electron chi connectivity index (χ3n) is 5.28. The number of hydrogen-bond donors (Lipinski definition) is 0. The van der Waals surface area contributed by atoms with Gasteiger partial charge in [-0.15, -0.1) is 0 Å². The van der Waals surface area contributed by atoms with Crippen LogP contribution in [0.2, 0.25) is 0 Å². The second-order valence-corrected chi connectivity index (χ2v) is 7.56. The highest BCUT2D eigenvalue weighted by molar-refractivity contribution is 4.98. The van der Waals surface area contributed by atoms with Gasteiger partial charge in [0.15, 0.2) is 0 Å². The molecule has 0 radical (unpaired) electrons. The minimum absolute atomic E-state index is 0.356. The number of hydrogen-bond acceptors (Lipinski definition) is 4. The molecular formula is C18H36N2O2. The fraction of sp³-hybridized carbons (Fsp3) is 1.00. The zero-order valence-electron chi connectivity index (χ0n) is 15.1. The zero-order valence-corrected chi connectivity index (χ0v) is 15.1. The second-order valence-electron chi connectivity index (χ2n) is 7.56. The minimum Gasteiger partial charge on any atom is -0.377 e. The Kier molecular flexibility index (Phi) is 7.13. The Hall–Kier alpha value is -0.160.